The second kappa shape index (κ2) is 2.80. The van der Waals surface area contributed by atoms with Gasteiger partial charge in [0.1, 0.15) is 0 Å². The van der Waals surface area contributed by atoms with E-state index < -0.39 is 7.12 Å². The summed E-state index contributed by atoms with van der Waals surface area (Å²) in [5, 5.41) is 20.8. The molecule has 1 aliphatic rings. The van der Waals surface area contributed by atoms with E-state index in [9.17, 15) is 0 Å². The minimum atomic E-state index is -1.26. The third-order valence-corrected chi connectivity index (χ3v) is 2.09. The minimum absolute atomic E-state index is 0.147. The maximum Gasteiger partial charge on any atom is 0.458 e. The maximum absolute atomic E-state index is 8.92. The standard InChI is InChI=1S/C6H10BN3O2/c11-7(12)5-3-9-6-8-1-2-10(6)4-5/h1-2,5,11-12H,3-4H2,(H,8,9). The van der Waals surface area contributed by atoms with Crippen LogP contribution in [0.5, 0.6) is 0 Å². The molecule has 0 saturated carbocycles. The lowest BCUT2D eigenvalue weighted by molar-refractivity contribution is 0.372. The van der Waals surface area contributed by atoms with Crippen LogP contribution in [0.1, 0.15) is 0 Å². The van der Waals surface area contributed by atoms with Gasteiger partial charge >= 0.3 is 7.12 Å². The molecule has 3 N–H and O–H groups in total. The lowest BCUT2D eigenvalue weighted by atomic mass is 9.72. The van der Waals surface area contributed by atoms with Gasteiger partial charge in [0.25, 0.3) is 0 Å². The molecule has 1 aromatic rings. The van der Waals surface area contributed by atoms with Crippen LogP contribution in [0, 0.1) is 0 Å². The van der Waals surface area contributed by atoms with Crippen molar-refractivity contribution in [3.8, 4) is 0 Å². The molecule has 1 aliphatic heterocycles. The van der Waals surface area contributed by atoms with Gasteiger partial charge < -0.3 is 19.9 Å². The van der Waals surface area contributed by atoms with Crippen LogP contribution in [0.25, 0.3) is 0 Å². The molecule has 0 spiro atoms. The van der Waals surface area contributed by atoms with E-state index in [0.29, 0.717) is 13.1 Å². The molecule has 0 radical (unpaired) electrons. The van der Waals surface area contributed by atoms with Crippen LogP contribution in [0.2, 0.25) is 5.82 Å². The zero-order valence-corrected chi connectivity index (χ0v) is 6.51. The Morgan fingerprint density at radius 3 is 3.25 bits per heavy atom. The molecule has 1 aromatic heterocycles. The van der Waals surface area contributed by atoms with E-state index in [0.717, 1.165) is 5.95 Å². The number of aromatic nitrogens is 2. The van der Waals surface area contributed by atoms with Crippen molar-refractivity contribution in [3.63, 3.8) is 0 Å². The average Bonchev–Trinajstić information content (AvgIpc) is 2.49. The van der Waals surface area contributed by atoms with E-state index in [1.807, 2.05) is 10.8 Å². The molecule has 2 rings (SSSR count). The first-order valence-electron chi connectivity index (χ1n) is 3.88. The summed E-state index contributed by atoms with van der Waals surface area (Å²) in [6.45, 7) is 1.18. The smallest absolute Gasteiger partial charge is 0.427 e. The number of nitrogens with one attached hydrogen (secondary N) is 1. The fourth-order valence-corrected chi connectivity index (χ4v) is 1.36. The second-order valence-electron chi connectivity index (χ2n) is 2.96. The van der Waals surface area contributed by atoms with Crippen LogP contribution in [-0.4, -0.2) is 33.3 Å². The molecule has 0 aromatic carbocycles. The van der Waals surface area contributed by atoms with E-state index in [-0.39, 0.29) is 5.82 Å². The highest BCUT2D eigenvalue weighted by Gasteiger charge is 2.27. The monoisotopic (exact) mass is 167 g/mol. The van der Waals surface area contributed by atoms with Crippen LogP contribution in [0.15, 0.2) is 12.4 Å². The highest BCUT2D eigenvalue weighted by atomic mass is 16.4. The molecule has 0 aliphatic carbocycles. The van der Waals surface area contributed by atoms with Crippen molar-refractivity contribution in [2.45, 2.75) is 12.4 Å². The van der Waals surface area contributed by atoms with E-state index in [1.54, 1.807) is 6.20 Å². The third kappa shape index (κ3) is 1.19. The summed E-state index contributed by atoms with van der Waals surface area (Å²) in [6, 6.07) is 0. The predicted molar refractivity (Wildman–Crippen MR) is 44.7 cm³/mol. The Morgan fingerprint density at radius 2 is 2.50 bits per heavy atom. The van der Waals surface area contributed by atoms with Gasteiger partial charge in [0, 0.05) is 31.3 Å². The molecule has 2 heterocycles. The van der Waals surface area contributed by atoms with Crippen molar-refractivity contribution >= 4 is 13.1 Å². The van der Waals surface area contributed by atoms with E-state index in [4.69, 9.17) is 10.0 Å². The number of hydrogen-bond acceptors (Lipinski definition) is 4. The lowest BCUT2D eigenvalue weighted by Crippen LogP contribution is -2.34. The Morgan fingerprint density at radius 1 is 1.67 bits per heavy atom. The number of imidazole rings is 1. The number of fused-ring (bicyclic) bond motifs is 1. The molecule has 0 bridgehead atoms. The molecular formula is C6H10BN3O2. The maximum atomic E-state index is 8.92. The van der Waals surface area contributed by atoms with Crippen molar-refractivity contribution in [2.24, 2.45) is 0 Å². The fourth-order valence-electron chi connectivity index (χ4n) is 1.36. The fraction of sp³-hybridized carbons (Fsp3) is 0.500. The summed E-state index contributed by atoms with van der Waals surface area (Å²) in [6.07, 6.45) is 3.51. The van der Waals surface area contributed by atoms with Crippen molar-refractivity contribution in [1.82, 2.24) is 9.55 Å². The van der Waals surface area contributed by atoms with Gasteiger partial charge in [-0.3, -0.25) is 0 Å². The molecule has 12 heavy (non-hydrogen) atoms. The quantitative estimate of drug-likeness (QED) is 0.476. The molecule has 1 atom stereocenters. The van der Waals surface area contributed by atoms with Crippen LogP contribution >= 0.6 is 0 Å². The summed E-state index contributed by atoms with van der Waals surface area (Å²) < 4.78 is 1.87. The van der Waals surface area contributed by atoms with Crippen LogP contribution in [0.4, 0.5) is 5.95 Å². The van der Waals surface area contributed by atoms with Crippen molar-refractivity contribution < 1.29 is 10.0 Å². The highest BCUT2D eigenvalue weighted by molar-refractivity contribution is 6.43. The molecule has 0 saturated heterocycles. The molecule has 0 amide bonds. The number of hydrogen-bond donors (Lipinski definition) is 3. The summed E-state index contributed by atoms with van der Waals surface area (Å²) in [7, 11) is -1.26. The number of rotatable bonds is 1. The van der Waals surface area contributed by atoms with Crippen molar-refractivity contribution in [2.75, 3.05) is 11.9 Å². The van der Waals surface area contributed by atoms with E-state index >= 15 is 0 Å². The first-order valence-corrected chi connectivity index (χ1v) is 3.88. The number of anilines is 1. The highest BCUT2D eigenvalue weighted by Crippen LogP contribution is 2.19. The first kappa shape index (κ1) is 7.63. The average molecular weight is 167 g/mol. The van der Waals surface area contributed by atoms with Crippen molar-refractivity contribution in [1.29, 1.82) is 0 Å². The molecule has 1 unspecified atom stereocenters. The zero-order valence-electron chi connectivity index (χ0n) is 6.51. The molecule has 64 valence electrons. The van der Waals surface area contributed by atoms with Gasteiger partial charge in [0.2, 0.25) is 5.95 Å². The Kier molecular flexibility index (Phi) is 1.78. The molecule has 5 nitrogen and oxygen atoms in total. The largest absolute Gasteiger partial charge is 0.458 e. The SMILES string of the molecule is OB(O)C1CNc2nccn2C1. The van der Waals surface area contributed by atoms with Gasteiger partial charge in [0.05, 0.1) is 0 Å². The second-order valence-corrected chi connectivity index (χ2v) is 2.96. The molecule has 6 heteroatoms. The van der Waals surface area contributed by atoms with Gasteiger partial charge in [-0.05, 0) is 0 Å². The van der Waals surface area contributed by atoms with Gasteiger partial charge in [-0.2, -0.15) is 0 Å². The summed E-state index contributed by atoms with van der Waals surface area (Å²) in [5.41, 5.74) is 0. The topological polar surface area (TPSA) is 70.3 Å². The Bertz CT molecular complexity index is 276. The molecular weight excluding hydrogens is 157 g/mol. The lowest BCUT2D eigenvalue weighted by Gasteiger charge is -2.23. The van der Waals surface area contributed by atoms with E-state index in [2.05, 4.69) is 10.3 Å². The zero-order chi connectivity index (χ0) is 8.55. The molecule has 0 fully saturated rings. The summed E-state index contributed by atoms with van der Waals surface area (Å²) in [4.78, 5) is 4.04. The summed E-state index contributed by atoms with van der Waals surface area (Å²) in [5.74, 6) is 0.651. The predicted octanol–water partition coefficient (Wildman–Crippen LogP) is -0.848. The van der Waals surface area contributed by atoms with Crippen LogP contribution in [0.3, 0.4) is 0 Å². The van der Waals surface area contributed by atoms with Gasteiger partial charge in [-0.25, -0.2) is 4.98 Å². The van der Waals surface area contributed by atoms with Gasteiger partial charge in [0.15, 0.2) is 0 Å². The first-order chi connectivity index (χ1) is 5.77. The Labute approximate surface area is 70.2 Å². The van der Waals surface area contributed by atoms with Gasteiger partial charge in [-0.15, -0.1) is 0 Å². The van der Waals surface area contributed by atoms with Crippen LogP contribution < -0.4 is 5.32 Å². The van der Waals surface area contributed by atoms with Gasteiger partial charge in [-0.1, -0.05) is 0 Å². The normalized spacial score (nSPS) is 21.3. The van der Waals surface area contributed by atoms with Crippen molar-refractivity contribution in [3.05, 3.63) is 12.4 Å². The van der Waals surface area contributed by atoms with E-state index in [1.165, 1.54) is 0 Å². The van der Waals surface area contributed by atoms with Crippen LogP contribution in [-0.2, 0) is 6.54 Å². The number of nitrogens with zero attached hydrogens (tertiary/aromatic N) is 2. The Hall–Kier alpha value is -1.01. The Balaban J connectivity index is 2.15. The third-order valence-electron chi connectivity index (χ3n) is 2.09. The minimum Gasteiger partial charge on any atom is -0.427 e. The summed E-state index contributed by atoms with van der Waals surface area (Å²) >= 11 is 0.